The van der Waals surface area contributed by atoms with Crippen LogP contribution in [0.4, 0.5) is 0 Å². The van der Waals surface area contributed by atoms with E-state index in [1.807, 2.05) is 24.3 Å². The molecular formula is C18H23Cl2N3O4. The molecule has 148 valence electrons. The summed E-state index contributed by atoms with van der Waals surface area (Å²) in [5.41, 5.74) is 0.780. The van der Waals surface area contributed by atoms with E-state index in [1.54, 1.807) is 25.4 Å². The molecule has 0 spiro atoms. The van der Waals surface area contributed by atoms with E-state index in [0.717, 1.165) is 12.1 Å². The monoisotopic (exact) mass is 415 g/mol. The molecule has 1 fully saturated rings. The van der Waals surface area contributed by atoms with Crippen molar-refractivity contribution >= 4 is 30.7 Å². The number of pyridine rings is 1. The molecule has 0 bridgehead atoms. The minimum atomic E-state index is -0.465. The van der Waals surface area contributed by atoms with E-state index in [9.17, 15) is 4.79 Å². The maximum absolute atomic E-state index is 12.2. The van der Waals surface area contributed by atoms with Gasteiger partial charge in [-0.15, -0.1) is 24.8 Å². The fourth-order valence-electron chi connectivity index (χ4n) is 2.46. The first-order chi connectivity index (χ1) is 12.3. The number of carbonyl (C=O) groups is 1. The van der Waals surface area contributed by atoms with Crippen LogP contribution in [0, 0.1) is 0 Å². The molecule has 1 amide bonds. The summed E-state index contributed by atoms with van der Waals surface area (Å²) in [7, 11) is 1.60. The van der Waals surface area contributed by atoms with Gasteiger partial charge in [-0.05, 0) is 18.2 Å². The molecule has 0 aliphatic carbocycles. The van der Waals surface area contributed by atoms with Crippen LogP contribution in [-0.2, 0) is 16.1 Å². The molecule has 2 heterocycles. The third kappa shape index (κ3) is 6.55. The van der Waals surface area contributed by atoms with Crippen molar-refractivity contribution in [3.63, 3.8) is 0 Å². The average Bonchev–Trinajstić information content (AvgIpc) is 2.68. The van der Waals surface area contributed by atoms with Crippen LogP contribution in [0.15, 0.2) is 42.6 Å². The zero-order chi connectivity index (χ0) is 17.5. The molecule has 1 aromatic heterocycles. The third-order valence-corrected chi connectivity index (χ3v) is 3.78. The van der Waals surface area contributed by atoms with Crippen molar-refractivity contribution in [2.45, 2.75) is 12.6 Å². The fraction of sp³-hybridized carbons (Fsp3) is 0.333. The highest BCUT2D eigenvalue weighted by Gasteiger charge is 2.21. The fourth-order valence-corrected chi connectivity index (χ4v) is 2.46. The Morgan fingerprint density at radius 1 is 1.30 bits per heavy atom. The second-order valence-corrected chi connectivity index (χ2v) is 5.53. The number of benzene rings is 1. The number of morpholine rings is 1. The van der Waals surface area contributed by atoms with Gasteiger partial charge in [0.2, 0.25) is 5.88 Å². The molecule has 0 saturated carbocycles. The smallest absolute Gasteiger partial charge is 0.250 e. The number of hydrogen-bond donors (Lipinski definition) is 2. The molecular weight excluding hydrogens is 393 g/mol. The van der Waals surface area contributed by atoms with Gasteiger partial charge in [-0.3, -0.25) is 4.79 Å². The zero-order valence-electron chi connectivity index (χ0n) is 14.8. The summed E-state index contributed by atoms with van der Waals surface area (Å²) in [5, 5.41) is 6.00. The quantitative estimate of drug-likeness (QED) is 0.753. The van der Waals surface area contributed by atoms with E-state index in [4.69, 9.17) is 14.2 Å². The van der Waals surface area contributed by atoms with Crippen molar-refractivity contribution < 1.29 is 19.0 Å². The van der Waals surface area contributed by atoms with Crippen molar-refractivity contribution in [2.75, 3.05) is 26.8 Å². The summed E-state index contributed by atoms with van der Waals surface area (Å²) in [6, 6.07) is 10.9. The number of ether oxygens (including phenoxy) is 3. The number of halogens is 2. The molecule has 1 unspecified atom stereocenters. The van der Waals surface area contributed by atoms with Gasteiger partial charge in [0, 0.05) is 37.5 Å². The first-order valence-corrected chi connectivity index (χ1v) is 8.12. The maximum Gasteiger partial charge on any atom is 0.250 e. The second-order valence-electron chi connectivity index (χ2n) is 5.53. The van der Waals surface area contributed by atoms with Gasteiger partial charge in [0.05, 0.1) is 13.7 Å². The number of methoxy groups -OCH3 is 1. The highest BCUT2D eigenvalue weighted by molar-refractivity contribution is 5.85. The predicted molar refractivity (Wildman–Crippen MR) is 106 cm³/mol. The highest BCUT2D eigenvalue weighted by Crippen LogP contribution is 2.26. The van der Waals surface area contributed by atoms with Crippen LogP contribution >= 0.6 is 24.8 Å². The predicted octanol–water partition coefficient (Wildman–Crippen LogP) is 2.33. The Morgan fingerprint density at radius 3 is 2.85 bits per heavy atom. The van der Waals surface area contributed by atoms with Gasteiger partial charge >= 0.3 is 0 Å². The number of nitrogens with one attached hydrogen (secondary N) is 2. The minimum absolute atomic E-state index is 0. The Kier molecular flexibility index (Phi) is 9.88. The molecule has 1 saturated heterocycles. The molecule has 1 aliphatic rings. The SMILES string of the molecule is COc1cccc(Oc2ncccc2CNC(=O)C2CNCCO2)c1.Cl.Cl. The Bertz CT molecular complexity index is 727. The summed E-state index contributed by atoms with van der Waals surface area (Å²) in [6.45, 7) is 2.14. The molecule has 1 atom stereocenters. The lowest BCUT2D eigenvalue weighted by atomic mass is 10.2. The van der Waals surface area contributed by atoms with Crippen molar-refractivity contribution in [1.82, 2.24) is 15.6 Å². The van der Waals surface area contributed by atoms with Crippen LogP contribution in [0.25, 0.3) is 0 Å². The summed E-state index contributed by atoms with van der Waals surface area (Å²) < 4.78 is 16.5. The molecule has 7 nitrogen and oxygen atoms in total. The molecule has 0 radical (unpaired) electrons. The highest BCUT2D eigenvalue weighted by atomic mass is 35.5. The van der Waals surface area contributed by atoms with Crippen molar-refractivity contribution in [2.24, 2.45) is 0 Å². The van der Waals surface area contributed by atoms with Gasteiger partial charge in [0.25, 0.3) is 5.91 Å². The number of rotatable bonds is 6. The standard InChI is InChI=1S/C18H21N3O4.2ClH/c1-23-14-5-2-6-15(10-14)25-18-13(4-3-7-20-18)11-21-17(22)16-12-19-8-9-24-16;;/h2-7,10,16,19H,8-9,11-12H2,1H3,(H,21,22);2*1H. The Hall–Kier alpha value is -2.06. The number of hydrogen-bond acceptors (Lipinski definition) is 6. The van der Waals surface area contributed by atoms with Gasteiger partial charge in [-0.1, -0.05) is 12.1 Å². The third-order valence-electron chi connectivity index (χ3n) is 3.78. The van der Waals surface area contributed by atoms with Crippen molar-refractivity contribution in [3.05, 3.63) is 48.2 Å². The van der Waals surface area contributed by atoms with Crippen LogP contribution in [0.2, 0.25) is 0 Å². The zero-order valence-corrected chi connectivity index (χ0v) is 16.5. The number of aromatic nitrogens is 1. The Balaban J connectivity index is 0.00000182. The average molecular weight is 416 g/mol. The summed E-state index contributed by atoms with van der Waals surface area (Å²) in [6.07, 6.45) is 1.18. The molecule has 3 rings (SSSR count). The van der Waals surface area contributed by atoms with Gasteiger partial charge in [0.15, 0.2) is 0 Å². The van der Waals surface area contributed by atoms with Crippen molar-refractivity contribution in [1.29, 1.82) is 0 Å². The first-order valence-electron chi connectivity index (χ1n) is 8.12. The second kappa shape index (κ2) is 11.6. The van der Waals surface area contributed by atoms with E-state index in [1.165, 1.54) is 0 Å². The van der Waals surface area contributed by atoms with Gasteiger partial charge in [-0.2, -0.15) is 0 Å². The largest absolute Gasteiger partial charge is 0.497 e. The van der Waals surface area contributed by atoms with E-state index in [0.29, 0.717) is 37.1 Å². The van der Waals surface area contributed by atoms with Gasteiger partial charge < -0.3 is 24.8 Å². The number of nitrogens with zero attached hydrogens (tertiary/aromatic N) is 1. The lowest BCUT2D eigenvalue weighted by molar-refractivity contribution is -0.134. The van der Waals surface area contributed by atoms with Gasteiger partial charge in [-0.25, -0.2) is 4.98 Å². The molecule has 9 heteroatoms. The summed E-state index contributed by atoms with van der Waals surface area (Å²) >= 11 is 0. The Labute approximate surface area is 170 Å². The van der Waals surface area contributed by atoms with Gasteiger partial charge in [0.1, 0.15) is 17.6 Å². The summed E-state index contributed by atoms with van der Waals surface area (Å²) in [5.74, 6) is 1.61. The van der Waals surface area contributed by atoms with E-state index in [2.05, 4.69) is 15.6 Å². The van der Waals surface area contributed by atoms with Crippen molar-refractivity contribution in [3.8, 4) is 17.4 Å². The Morgan fingerprint density at radius 2 is 2.11 bits per heavy atom. The van der Waals surface area contributed by atoms with Crippen LogP contribution < -0.4 is 20.1 Å². The normalized spacial score (nSPS) is 15.7. The molecule has 1 aromatic carbocycles. The van der Waals surface area contributed by atoms with E-state index < -0.39 is 6.10 Å². The molecule has 2 N–H and O–H groups in total. The topological polar surface area (TPSA) is 81.7 Å². The van der Waals surface area contributed by atoms with Crippen LogP contribution in [0.3, 0.4) is 0 Å². The van der Waals surface area contributed by atoms with E-state index >= 15 is 0 Å². The minimum Gasteiger partial charge on any atom is -0.497 e. The van der Waals surface area contributed by atoms with Crippen LogP contribution in [0.5, 0.6) is 17.4 Å². The molecule has 27 heavy (non-hydrogen) atoms. The van der Waals surface area contributed by atoms with Crippen LogP contribution in [-0.4, -0.2) is 43.8 Å². The molecule has 1 aliphatic heterocycles. The maximum atomic E-state index is 12.2. The number of carbonyl (C=O) groups excluding carboxylic acids is 1. The lowest BCUT2D eigenvalue weighted by Gasteiger charge is -2.22. The van der Waals surface area contributed by atoms with Crippen LogP contribution in [0.1, 0.15) is 5.56 Å². The molecule has 2 aromatic rings. The summed E-state index contributed by atoms with van der Waals surface area (Å²) in [4.78, 5) is 16.4. The van der Waals surface area contributed by atoms with E-state index in [-0.39, 0.29) is 30.7 Å². The number of amides is 1. The first kappa shape index (κ1) is 23.0. The lowest BCUT2D eigenvalue weighted by Crippen LogP contribution is -2.47.